The van der Waals surface area contributed by atoms with E-state index in [-0.39, 0.29) is 0 Å². The highest BCUT2D eigenvalue weighted by atomic mass is 35.5. The number of hydrogen-bond acceptors (Lipinski definition) is 3. The van der Waals surface area contributed by atoms with Crippen LogP contribution in [0.3, 0.4) is 0 Å². The van der Waals surface area contributed by atoms with Crippen molar-refractivity contribution in [2.45, 2.75) is 19.8 Å². The summed E-state index contributed by atoms with van der Waals surface area (Å²) in [5, 5.41) is 4.22. The minimum Gasteiger partial charge on any atom is -0.126 e. The average Bonchev–Trinajstić information content (AvgIpc) is 2.13. The highest BCUT2D eigenvalue weighted by Crippen LogP contribution is 2.24. The van der Waals surface area contributed by atoms with E-state index in [2.05, 4.69) is 23.4 Å². The van der Waals surface area contributed by atoms with Crippen molar-refractivity contribution < 1.29 is 0 Å². The van der Waals surface area contributed by atoms with E-state index >= 15 is 0 Å². The molecule has 0 unspecified atom stereocenters. The summed E-state index contributed by atoms with van der Waals surface area (Å²) in [6.45, 7) is 4.14. The van der Waals surface area contributed by atoms with E-state index in [0.717, 1.165) is 4.88 Å². The summed E-state index contributed by atoms with van der Waals surface area (Å²) in [7, 11) is 0. The first-order chi connectivity index (χ1) is 4.22. The Bertz CT molecular complexity index is 197. The molecular formula is C5H7ClN2S. The molecule has 1 heterocycles. The van der Waals surface area contributed by atoms with E-state index in [9.17, 15) is 0 Å². The summed E-state index contributed by atoms with van der Waals surface area (Å²) >= 11 is 7.04. The van der Waals surface area contributed by atoms with E-state index in [1.807, 2.05) is 0 Å². The zero-order valence-corrected chi connectivity index (χ0v) is 6.83. The quantitative estimate of drug-likeness (QED) is 0.634. The van der Waals surface area contributed by atoms with Gasteiger partial charge in [0.05, 0.1) is 4.88 Å². The number of nitrogens with zero attached hydrogens (tertiary/aromatic N) is 2. The second-order valence-corrected chi connectivity index (χ2v) is 3.23. The van der Waals surface area contributed by atoms with Crippen LogP contribution in [0.4, 0.5) is 0 Å². The van der Waals surface area contributed by atoms with Gasteiger partial charge in [-0.15, -0.1) is 5.10 Å². The number of aromatic nitrogens is 2. The van der Waals surface area contributed by atoms with Crippen LogP contribution in [0.2, 0.25) is 5.15 Å². The smallest absolute Gasteiger partial charge is 0.126 e. The van der Waals surface area contributed by atoms with E-state index in [0.29, 0.717) is 11.1 Å². The van der Waals surface area contributed by atoms with Gasteiger partial charge in [0, 0.05) is 0 Å². The molecule has 0 aliphatic heterocycles. The van der Waals surface area contributed by atoms with Crippen LogP contribution in [0.5, 0.6) is 0 Å². The maximum absolute atomic E-state index is 5.67. The number of hydrogen-bond donors (Lipinski definition) is 0. The van der Waals surface area contributed by atoms with Gasteiger partial charge in [-0.3, -0.25) is 0 Å². The Hall–Kier alpha value is -0.150. The van der Waals surface area contributed by atoms with Crippen molar-refractivity contribution in [1.29, 1.82) is 0 Å². The fourth-order valence-corrected chi connectivity index (χ4v) is 1.47. The van der Waals surface area contributed by atoms with Crippen LogP contribution in [0.25, 0.3) is 0 Å². The van der Waals surface area contributed by atoms with Crippen molar-refractivity contribution in [3.05, 3.63) is 10.0 Å². The Labute approximate surface area is 63.0 Å². The van der Waals surface area contributed by atoms with Crippen LogP contribution in [-0.4, -0.2) is 9.59 Å². The molecule has 0 N–H and O–H groups in total. The van der Waals surface area contributed by atoms with Crippen molar-refractivity contribution in [1.82, 2.24) is 9.59 Å². The highest BCUT2D eigenvalue weighted by molar-refractivity contribution is 7.06. The van der Waals surface area contributed by atoms with Crippen molar-refractivity contribution in [2.75, 3.05) is 0 Å². The molecule has 50 valence electrons. The van der Waals surface area contributed by atoms with E-state index < -0.39 is 0 Å². The molecule has 0 radical (unpaired) electrons. The van der Waals surface area contributed by atoms with E-state index in [1.165, 1.54) is 11.5 Å². The molecule has 1 aromatic rings. The molecule has 0 fully saturated rings. The first-order valence-electron chi connectivity index (χ1n) is 2.69. The van der Waals surface area contributed by atoms with Gasteiger partial charge in [-0.05, 0) is 17.5 Å². The Morgan fingerprint density at radius 3 is 2.44 bits per heavy atom. The molecule has 1 rings (SSSR count). The fraction of sp³-hybridized carbons (Fsp3) is 0.600. The maximum atomic E-state index is 5.67. The molecule has 0 aromatic carbocycles. The maximum Gasteiger partial charge on any atom is 0.167 e. The SMILES string of the molecule is CC(C)c1snnc1Cl. The monoisotopic (exact) mass is 162 g/mol. The molecule has 9 heavy (non-hydrogen) atoms. The van der Waals surface area contributed by atoms with Crippen molar-refractivity contribution in [3.63, 3.8) is 0 Å². The summed E-state index contributed by atoms with van der Waals surface area (Å²) in [6.07, 6.45) is 0. The standard InChI is InChI=1S/C5H7ClN2S/c1-3(2)4-5(6)7-8-9-4/h3H,1-2H3. The van der Waals surface area contributed by atoms with Gasteiger partial charge in [-0.2, -0.15) is 0 Å². The Morgan fingerprint density at radius 1 is 1.56 bits per heavy atom. The van der Waals surface area contributed by atoms with Gasteiger partial charge in [0.2, 0.25) is 0 Å². The summed E-state index contributed by atoms with van der Waals surface area (Å²) in [5.74, 6) is 0.442. The Morgan fingerprint density at radius 2 is 2.22 bits per heavy atom. The Kier molecular flexibility index (Phi) is 2.03. The lowest BCUT2D eigenvalue weighted by molar-refractivity contribution is 0.884. The van der Waals surface area contributed by atoms with Crippen LogP contribution in [0, 0.1) is 0 Å². The van der Waals surface area contributed by atoms with Gasteiger partial charge in [0.15, 0.2) is 5.15 Å². The number of rotatable bonds is 1. The lowest BCUT2D eigenvalue weighted by atomic mass is 10.2. The van der Waals surface area contributed by atoms with Gasteiger partial charge < -0.3 is 0 Å². The first-order valence-corrected chi connectivity index (χ1v) is 3.84. The fourth-order valence-electron chi connectivity index (χ4n) is 0.531. The van der Waals surface area contributed by atoms with Gasteiger partial charge in [-0.25, -0.2) is 0 Å². The molecular weight excluding hydrogens is 156 g/mol. The van der Waals surface area contributed by atoms with Crippen LogP contribution < -0.4 is 0 Å². The minimum absolute atomic E-state index is 0.442. The topological polar surface area (TPSA) is 25.8 Å². The van der Waals surface area contributed by atoms with Crippen molar-refractivity contribution >= 4 is 23.1 Å². The molecule has 0 aliphatic rings. The van der Waals surface area contributed by atoms with Crippen LogP contribution in [0.1, 0.15) is 24.6 Å². The molecule has 2 nitrogen and oxygen atoms in total. The molecule has 0 spiro atoms. The third kappa shape index (κ3) is 1.40. The normalized spacial score (nSPS) is 10.7. The lowest BCUT2D eigenvalue weighted by Gasteiger charge is -1.95. The van der Waals surface area contributed by atoms with Crippen LogP contribution in [0.15, 0.2) is 0 Å². The zero-order valence-electron chi connectivity index (χ0n) is 5.26. The highest BCUT2D eigenvalue weighted by Gasteiger charge is 2.07. The van der Waals surface area contributed by atoms with Gasteiger partial charge >= 0.3 is 0 Å². The lowest BCUT2D eigenvalue weighted by Crippen LogP contribution is -1.81. The minimum atomic E-state index is 0.442. The molecule has 0 bridgehead atoms. The van der Waals surface area contributed by atoms with Gasteiger partial charge in [-0.1, -0.05) is 29.9 Å². The molecule has 0 aliphatic carbocycles. The Balaban J connectivity index is 2.94. The van der Waals surface area contributed by atoms with E-state index in [4.69, 9.17) is 11.6 Å². The summed E-state index contributed by atoms with van der Waals surface area (Å²) < 4.78 is 3.70. The first kappa shape index (κ1) is 6.96. The number of halogens is 1. The molecule has 0 atom stereocenters. The summed E-state index contributed by atoms with van der Waals surface area (Å²) in [5.41, 5.74) is 0. The van der Waals surface area contributed by atoms with Crippen molar-refractivity contribution in [2.24, 2.45) is 0 Å². The summed E-state index contributed by atoms with van der Waals surface area (Å²) in [4.78, 5) is 1.07. The van der Waals surface area contributed by atoms with Crippen LogP contribution >= 0.6 is 23.1 Å². The molecule has 0 saturated carbocycles. The second-order valence-electron chi connectivity index (χ2n) is 2.08. The zero-order chi connectivity index (χ0) is 6.85. The average molecular weight is 163 g/mol. The predicted molar refractivity (Wildman–Crippen MR) is 39.0 cm³/mol. The largest absolute Gasteiger partial charge is 0.167 e. The molecule has 0 amide bonds. The second kappa shape index (κ2) is 2.62. The third-order valence-corrected chi connectivity index (χ3v) is 2.41. The third-order valence-electron chi connectivity index (χ3n) is 0.995. The predicted octanol–water partition coefficient (Wildman–Crippen LogP) is 2.31. The van der Waals surface area contributed by atoms with Gasteiger partial charge in [0.25, 0.3) is 0 Å². The van der Waals surface area contributed by atoms with Gasteiger partial charge in [0.1, 0.15) is 0 Å². The molecule has 1 aromatic heterocycles. The van der Waals surface area contributed by atoms with E-state index in [1.54, 1.807) is 0 Å². The molecule has 0 saturated heterocycles. The molecule has 4 heteroatoms. The summed E-state index contributed by atoms with van der Waals surface area (Å²) in [6, 6.07) is 0. The van der Waals surface area contributed by atoms with Crippen LogP contribution in [-0.2, 0) is 0 Å². The van der Waals surface area contributed by atoms with Crippen molar-refractivity contribution in [3.8, 4) is 0 Å².